The average Bonchev–Trinajstić information content (AvgIpc) is 2.83. The zero-order chi connectivity index (χ0) is 12.1. The summed E-state index contributed by atoms with van der Waals surface area (Å²) in [7, 11) is 1.61. The van der Waals surface area contributed by atoms with Crippen LogP contribution in [0.25, 0.3) is 0 Å². The first kappa shape index (κ1) is 11.8. The van der Waals surface area contributed by atoms with Crippen LogP contribution in [0.5, 0.6) is 11.5 Å². The molecule has 2 rings (SSSR count). The Hall–Kier alpha value is -1.66. The Morgan fingerprint density at radius 1 is 1.29 bits per heavy atom. The standard InChI is InChI=1S/C14H17NO2/c1-3-17-14-10-12(6-7-13(14)16-2)11-15-8-4-5-9-15/h1,6-7,10H,4-5,8-9,11H2,2H3. The maximum Gasteiger partial charge on any atom is 0.182 e. The molecule has 90 valence electrons. The van der Waals surface area contributed by atoms with Crippen molar-refractivity contribution in [3.05, 3.63) is 23.8 Å². The van der Waals surface area contributed by atoms with Gasteiger partial charge in [0.2, 0.25) is 0 Å². The topological polar surface area (TPSA) is 21.7 Å². The van der Waals surface area contributed by atoms with Gasteiger partial charge in [-0.1, -0.05) is 12.5 Å². The molecule has 1 aliphatic heterocycles. The molecule has 17 heavy (non-hydrogen) atoms. The molecule has 1 aromatic carbocycles. The molecule has 3 heteroatoms. The molecule has 0 aromatic heterocycles. The van der Waals surface area contributed by atoms with Gasteiger partial charge in [0, 0.05) is 6.54 Å². The van der Waals surface area contributed by atoms with Crippen LogP contribution in [0.15, 0.2) is 18.2 Å². The monoisotopic (exact) mass is 231 g/mol. The molecular weight excluding hydrogens is 214 g/mol. The van der Waals surface area contributed by atoms with Crippen molar-refractivity contribution in [2.75, 3.05) is 20.2 Å². The number of terminal acetylenes is 1. The molecule has 0 atom stereocenters. The summed E-state index contributed by atoms with van der Waals surface area (Å²) in [6, 6.07) is 5.91. The molecule has 1 fully saturated rings. The second-order valence-corrected chi connectivity index (χ2v) is 4.19. The van der Waals surface area contributed by atoms with Gasteiger partial charge in [-0.15, -0.1) is 0 Å². The number of nitrogens with zero attached hydrogens (tertiary/aromatic N) is 1. The Morgan fingerprint density at radius 2 is 2.06 bits per heavy atom. The highest BCUT2D eigenvalue weighted by molar-refractivity contribution is 5.43. The largest absolute Gasteiger partial charge is 0.493 e. The lowest BCUT2D eigenvalue weighted by Gasteiger charge is -2.15. The summed E-state index contributed by atoms with van der Waals surface area (Å²) in [5, 5.41) is 0. The van der Waals surface area contributed by atoms with E-state index in [1.165, 1.54) is 31.5 Å². The minimum absolute atomic E-state index is 0.617. The van der Waals surface area contributed by atoms with E-state index in [-0.39, 0.29) is 0 Å². The average molecular weight is 231 g/mol. The van der Waals surface area contributed by atoms with Crippen LogP contribution in [-0.2, 0) is 6.54 Å². The SMILES string of the molecule is C#COc1cc(CN2CCCC2)ccc1OC. The van der Waals surface area contributed by atoms with Crippen molar-refractivity contribution in [2.45, 2.75) is 19.4 Å². The number of hydrogen-bond donors (Lipinski definition) is 0. The predicted octanol–water partition coefficient (Wildman–Crippen LogP) is 2.26. The smallest absolute Gasteiger partial charge is 0.182 e. The number of ether oxygens (including phenoxy) is 2. The fourth-order valence-electron chi connectivity index (χ4n) is 2.16. The first-order valence-electron chi connectivity index (χ1n) is 5.85. The highest BCUT2D eigenvalue weighted by atomic mass is 16.5. The summed E-state index contributed by atoms with van der Waals surface area (Å²) in [4.78, 5) is 2.43. The molecule has 0 N–H and O–H groups in total. The Kier molecular flexibility index (Phi) is 3.89. The third-order valence-electron chi connectivity index (χ3n) is 3.00. The van der Waals surface area contributed by atoms with Crippen molar-refractivity contribution in [1.29, 1.82) is 0 Å². The van der Waals surface area contributed by atoms with Crippen LogP contribution in [-0.4, -0.2) is 25.1 Å². The van der Waals surface area contributed by atoms with Gasteiger partial charge < -0.3 is 9.47 Å². The van der Waals surface area contributed by atoms with Crippen LogP contribution in [0.3, 0.4) is 0 Å². The van der Waals surface area contributed by atoms with Gasteiger partial charge in [0.1, 0.15) is 6.11 Å². The van der Waals surface area contributed by atoms with Crippen molar-refractivity contribution < 1.29 is 9.47 Å². The van der Waals surface area contributed by atoms with E-state index < -0.39 is 0 Å². The van der Waals surface area contributed by atoms with E-state index in [0.29, 0.717) is 11.5 Å². The molecule has 0 spiro atoms. The van der Waals surface area contributed by atoms with Gasteiger partial charge >= 0.3 is 0 Å². The van der Waals surface area contributed by atoms with Crippen molar-refractivity contribution in [3.63, 3.8) is 0 Å². The van der Waals surface area contributed by atoms with Crippen molar-refractivity contribution >= 4 is 0 Å². The van der Waals surface area contributed by atoms with Crippen LogP contribution in [0, 0.1) is 12.5 Å². The highest BCUT2D eigenvalue weighted by Crippen LogP contribution is 2.28. The van der Waals surface area contributed by atoms with Crippen LogP contribution < -0.4 is 9.47 Å². The van der Waals surface area contributed by atoms with Gasteiger partial charge in [-0.3, -0.25) is 4.90 Å². The van der Waals surface area contributed by atoms with E-state index in [4.69, 9.17) is 15.9 Å². The zero-order valence-electron chi connectivity index (χ0n) is 10.1. The second-order valence-electron chi connectivity index (χ2n) is 4.19. The lowest BCUT2D eigenvalue weighted by molar-refractivity contribution is 0.330. The molecule has 0 saturated carbocycles. The third kappa shape index (κ3) is 2.92. The Labute approximate surface area is 102 Å². The maximum absolute atomic E-state index is 5.19. The van der Waals surface area contributed by atoms with Gasteiger partial charge in [0.25, 0.3) is 0 Å². The van der Waals surface area contributed by atoms with E-state index in [1.807, 2.05) is 12.1 Å². The predicted molar refractivity (Wildman–Crippen MR) is 67.0 cm³/mol. The second kappa shape index (κ2) is 5.60. The third-order valence-corrected chi connectivity index (χ3v) is 3.00. The van der Waals surface area contributed by atoms with Crippen LogP contribution in [0.4, 0.5) is 0 Å². The molecule has 1 aromatic rings. The van der Waals surface area contributed by atoms with Gasteiger partial charge in [-0.2, -0.15) is 0 Å². The van der Waals surface area contributed by atoms with E-state index in [9.17, 15) is 0 Å². The Morgan fingerprint density at radius 3 is 2.71 bits per heavy atom. The van der Waals surface area contributed by atoms with E-state index in [0.717, 1.165) is 6.54 Å². The molecule has 1 saturated heterocycles. The highest BCUT2D eigenvalue weighted by Gasteiger charge is 2.13. The number of methoxy groups -OCH3 is 1. The summed E-state index contributed by atoms with van der Waals surface area (Å²) in [5.41, 5.74) is 1.21. The van der Waals surface area contributed by atoms with Crippen molar-refractivity contribution in [3.8, 4) is 24.0 Å². The molecule has 0 unspecified atom stereocenters. The lowest BCUT2D eigenvalue weighted by atomic mass is 10.2. The fraction of sp³-hybridized carbons (Fsp3) is 0.429. The van der Waals surface area contributed by atoms with Crippen LogP contribution in [0.2, 0.25) is 0 Å². The summed E-state index contributed by atoms with van der Waals surface area (Å²) in [6.45, 7) is 3.31. The quantitative estimate of drug-likeness (QED) is 0.742. The summed E-state index contributed by atoms with van der Waals surface area (Å²) in [5.74, 6) is 1.29. The minimum Gasteiger partial charge on any atom is -0.493 e. The number of likely N-dealkylation sites (tertiary alicyclic amines) is 1. The Balaban J connectivity index is 2.12. The fourth-order valence-corrected chi connectivity index (χ4v) is 2.16. The first-order chi connectivity index (χ1) is 8.33. The molecule has 0 radical (unpaired) electrons. The van der Waals surface area contributed by atoms with Gasteiger partial charge in [0.05, 0.1) is 7.11 Å². The molecule has 0 bridgehead atoms. The van der Waals surface area contributed by atoms with Crippen LogP contribution in [0.1, 0.15) is 18.4 Å². The minimum atomic E-state index is 0.617. The van der Waals surface area contributed by atoms with Crippen LogP contribution >= 0.6 is 0 Å². The molecule has 0 amide bonds. The molecule has 1 heterocycles. The summed E-state index contributed by atoms with van der Waals surface area (Å²) >= 11 is 0. The van der Waals surface area contributed by atoms with Crippen molar-refractivity contribution in [2.24, 2.45) is 0 Å². The van der Waals surface area contributed by atoms with E-state index in [2.05, 4.69) is 17.1 Å². The summed E-state index contributed by atoms with van der Waals surface area (Å²) in [6.07, 6.45) is 9.94. The molecule has 0 aliphatic carbocycles. The zero-order valence-corrected chi connectivity index (χ0v) is 10.1. The van der Waals surface area contributed by atoms with Crippen molar-refractivity contribution in [1.82, 2.24) is 4.90 Å². The molecule has 1 aliphatic rings. The van der Waals surface area contributed by atoms with E-state index >= 15 is 0 Å². The number of benzene rings is 1. The normalized spacial score (nSPS) is 15.5. The maximum atomic E-state index is 5.19. The first-order valence-corrected chi connectivity index (χ1v) is 5.85. The molecule has 3 nitrogen and oxygen atoms in total. The molecular formula is C14H17NO2. The van der Waals surface area contributed by atoms with Gasteiger partial charge in [-0.05, 0) is 43.6 Å². The lowest BCUT2D eigenvalue weighted by Crippen LogP contribution is -2.18. The number of hydrogen-bond acceptors (Lipinski definition) is 3. The summed E-state index contributed by atoms with van der Waals surface area (Å²) < 4.78 is 10.3. The Bertz CT molecular complexity index is 417. The van der Waals surface area contributed by atoms with Gasteiger partial charge in [-0.25, -0.2) is 0 Å². The number of rotatable bonds is 4. The van der Waals surface area contributed by atoms with E-state index in [1.54, 1.807) is 7.11 Å². The van der Waals surface area contributed by atoms with Gasteiger partial charge in [0.15, 0.2) is 11.5 Å².